The first kappa shape index (κ1) is 14.4. The molecule has 0 spiro atoms. The third-order valence-corrected chi connectivity index (χ3v) is 2.08. The van der Waals surface area contributed by atoms with Gasteiger partial charge in [-0.25, -0.2) is 0 Å². The largest absolute Gasteiger partial charge is 0.468 e. The molecule has 0 aromatic heterocycles. The molecule has 16 heavy (non-hydrogen) atoms. The third-order valence-electron chi connectivity index (χ3n) is 2.08. The number of methoxy groups -OCH3 is 2. The van der Waals surface area contributed by atoms with Gasteiger partial charge in [-0.1, -0.05) is 0 Å². The summed E-state index contributed by atoms with van der Waals surface area (Å²) in [5.41, 5.74) is 5.09. The molecule has 0 rings (SSSR count). The minimum absolute atomic E-state index is 0.199. The van der Waals surface area contributed by atoms with Crippen molar-refractivity contribution in [1.82, 2.24) is 4.90 Å². The van der Waals surface area contributed by atoms with Crippen LogP contribution in [-0.2, 0) is 23.9 Å². The minimum atomic E-state index is -0.752. The molecule has 0 fully saturated rings. The van der Waals surface area contributed by atoms with Crippen LogP contribution in [0, 0.1) is 0 Å². The normalized spacial score (nSPS) is 12.0. The van der Waals surface area contributed by atoms with E-state index in [0.29, 0.717) is 0 Å². The molecule has 0 saturated heterocycles. The summed E-state index contributed by atoms with van der Waals surface area (Å²) in [5, 5.41) is 0. The van der Waals surface area contributed by atoms with Crippen molar-refractivity contribution in [3.63, 3.8) is 0 Å². The molecule has 0 heterocycles. The van der Waals surface area contributed by atoms with Crippen LogP contribution in [0.15, 0.2) is 0 Å². The number of amides is 1. The van der Waals surface area contributed by atoms with Crippen LogP contribution in [0.5, 0.6) is 0 Å². The highest BCUT2D eigenvalue weighted by Crippen LogP contribution is 1.99. The first-order valence-corrected chi connectivity index (χ1v) is 4.59. The Morgan fingerprint density at radius 1 is 1.12 bits per heavy atom. The van der Waals surface area contributed by atoms with E-state index in [4.69, 9.17) is 5.73 Å². The zero-order valence-electron chi connectivity index (χ0n) is 9.56. The van der Waals surface area contributed by atoms with E-state index in [2.05, 4.69) is 9.47 Å². The zero-order chi connectivity index (χ0) is 12.7. The van der Waals surface area contributed by atoms with Crippen molar-refractivity contribution < 1.29 is 23.9 Å². The Hall–Kier alpha value is -1.63. The number of hydrogen-bond donors (Lipinski definition) is 1. The summed E-state index contributed by atoms with van der Waals surface area (Å²) in [5.74, 6) is -1.75. The number of hydrogen-bond acceptors (Lipinski definition) is 6. The highest BCUT2D eigenvalue weighted by Gasteiger charge is 2.24. The second-order valence-electron chi connectivity index (χ2n) is 3.14. The summed E-state index contributed by atoms with van der Waals surface area (Å²) >= 11 is 0. The fourth-order valence-electron chi connectivity index (χ4n) is 0.970. The lowest BCUT2D eigenvalue weighted by molar-refractivity contribution is -0.147. The number of ether oxygens (including phenoxy) is 2. The molecule has 1 atom stereocenters. The van der Waals surface area contributed by atoms with E-state index in [0.717, 1.165) is 0 Å². The molecule has 0 aliphatic rings. The Labute approximate surface area is 93.5 Å². The number of rotatable bonds is 6. The SMILES string of the molecule is COC(=O)CN(CC(=O)OC)C(C)C(N)=O. The van der Waals surface area contributed by atoms with Gasteiger partial charge in [0.05, 0.1) is 33.4 Å². The topological polar surface area (TPSA) is 98.9 Å². The van der Waals surface area contributed by atoms with Gasteiger partial charge in [0.2, 0.25) is 5.91 Å². The minimum Gasteiger partial charge on any atom is -0.468 e. The van der Waals surface area contributed by atoms with E-state index in [9.17, 15) is 14.4 Å². The van der Waals surface area contributed by atoms with Crippen LogP contribution in [0.25, 0.3) is 0 Å². The van der Waals surface area contributed by atoms with Crippen molar-refractivity contribution >= 4 is 17.8 Å². The first-order valence-electron chi connectivity index (χ1n) is 4.59. The summed E-state index contributed by atoms with van der Waals surface area (Å²) in [4.78, 5) is 34.3. The molecule has 7 heteroatoms. The van der Waals surface area contributed by atoms with E-state index in [1.807, 2.05) is 0 Å². The average Bonchev–Trinajstić information content (AvgIpc) is 2.26. The predicted molar refractivity (Wildman–Crippen MR) is 54.3 cm³/mol. The molecule has 0 aromatic carbocycles. The Balaban J connectivity index is 4.55. The number of nitrogens with zero attached hydrogens (tertiary/aromatic N) is 1. The number of nitrogens with two attached hydrogens (primary N) is 1. The number of carbonyl (C=O) groups is 3. The maximum absolute atomic E-state index is 11.1. The number of esters is 2. The van der Waals surface area contributed by atoms with Gasteiger partial charge in [0.1, 0.15) is 0 Å². The van der Waals surface area contributed by atoms with Crippen LogP contribution in [0.3, 0.4) is 0 Å². The van der Waals surface area contributed by atoms with E-state index in [1.165, 1.54) is 26.0 Å². The monoisotopic (exact) mass is 232 g/mol. The fraction of sp³-hybridized carbons (Fsp3) is 0.667. The van der Waals surface area contributed by atoms with Crippen molar-refractivity contribution in [3.05, 3.63) is 0 Å². The molecule has 0 bridgehead atoms. The van der Waals surface area contributed by atoms with Crippen molar-refractivity contribution in [2.24, 2.45) is 5.73 Å². The van der Waals surface area contributed by atoms with Gasteiger partial charge in [0.25, 0.3) is 0 Å². The molecule has 1 unspecified atom stereocenters. The molecule has 0 aliphatic carbocycles. The summed E-state index contributed by atoms with van der Waals surface area (Å²) in [7, 11) is 2.43. The predicted octanol–water partition coefficient (Wildman–Crippen LogP) is -1.49. The van der Waals surface area contributed by atoms with Crippen LogP contribution in [0.4, 0.5) is 0 Å². The maximum Gasteiger partial charge on any atom is 0.319 e. The van der Waals surface area contributed by atoms with Crippen molar-refractivity contribution in [1.29, 1.82) is 0 Å². The van der Waals surface area contributed by atoms with E-state index in [-0.39, 0.29) is 13.1 Å². The fourth-order valence-corrected chi connectivity index (χ4v) is 0.970. The molecule has 0 aromatic rings. The van der Waals surface area contributed by atoms with Crippen molar-refractivity contribution in [2.45, 2.75) is 13.0 Å². The molecule has 1 amide bonds. The highest BCUT2D eigenvalue weighted by atomic mass is 16.5. The quantitative estimate of drug-likeness (QED) is 0.560. The van der Waals surface area contributed by atoms with Gasteiger partial charge < -0.3 is 15.2 Å². The van der Waals surface area contributed by atoms with E-state index < -0.39 is 23.9 Å². The third kappa shape index (κ3) is 4.74. The smallest absolute Gasteiger partial charge is 0.319 e. The summed E-state index contributed by atoms with van der Waals surface area (Å²) in [6.45, 7) is 1.10. The van der Waals surface area contributed by atoms with Crippen LogP contribution < -0.4 is 5.73 Å². The van der Waals surface area contributed by atoms with Crippen LogP contribution >= 0.6 is 0 Å². The maximum atomic E-state index is 11.1. The lowest BCUT2D eigenvalue weighted by Gasteiger charge is -2.24. The average molecular weight is 232 g/mol. The van der Waals surface area contributed by atoms with E-state index in [1.54, 1.807) is 0 Å². The summed E-state index contributed by atoms with van der Waals surface area (Å²) in [6.07, 6.45) is 0. The first-order chi connectivity index (χ1) is 7.42. The van der Waals surface area contributed by atoms with Gasteiger partial charge in [0.15, 0.2) is 0 Å². The van der Waals surface area contributed by atoms with Crippen LogP contribution in [0.2, 0.25) is 0 Å². The molecular formula is C9H16N2O5. The summed E-state index contributed by atoms with van der Waals surface area (Å²) < 4.78 is 8.88. The Morgan fingerprint density at radius 2 is 1.50 bits per heavy atom. The van der Waals surface area contributed by atoms with Gasteiger partial charge >= 0.3 is 11.9 Å². The lowest BCUT2D eigenvalue weighted by Crippen LogP contribution is -2.47. The molecular weight excluding hydrogens is 216 g/mol. The molecule has 0 aliphatic heterocycles. The van der Waals surface area contributed by atoms with Crippen LogP contribution in [0.1, 0.15) is 6.92 Å². The van der Waals surface area contributed by atoms with E-state index >= 15 is 0 Å². The van der Waals surface area contributed by atoms with Gasteiger partial charge in [-0.05, 0) is 6.92 Å². The molecule has 0 radical (unpaired) electrons. The number of carbonyl (C=O) groups excluding carboxylic acids is 3. The Bertz CT molecular complexity index is 261. The van der Waals surface area contributed by atoms with Gasteiger partial charge in [0, 0.05) is 0 Å². The zero-order valence-corrected chi connectivity index (χ0v) is 9.56. The Morgan fingerprint density at radius 3 is 1.75 bits per heavy atom. The van der Waals surface area contributed by atoms with Gasteiger partial charge in [-0.3, -0.25) is 19.3 Å². The molecule has 7 nitrogen and oxygen atoms in total. The molecule has 0 saturated carbocycles. The second kappa shape index (κ2) is 6.78. The lowest BCUT2D eigenvalue weighted by atomic mass is 10.2. The van der Waals surface area contributed by atoms with Gasteiger partial charge in [-0.2, -0.15) is 0 Å². The van der Waals surface area contributed by atoms with Crippen molar-refractivity contribution in [2.75, 3.05) is 27.3 Å². The molecule has 92 valence electrons. The number of primary amides is 1. The standard InChI is InChI=1S/C9H16N2O5/c1-6(9(10)14)11(4-7(12)15-2)5-8(13)16-3/h6H,4-5H2,1-3H3,(H2,10,14). The van der Waals surface area contributed by atoms with Crippen LogP contribution in [-0.4, -0.2) is 56.1 Å². The second-order valence-corrected chi connectivity index (χ2v) is 3.14. The Kier molecular flexibility index (Phi) is 6.09. The molecule has 2 N–H and O–H groups in total. The van der Waals surface area contributed by atoms with Gasteiger partial charge in [-0.15, -0.1) is 0 Å². The highest BCUT2D eigenvalue weighted by molar-refractivity contribution is 5.82. The summed E-state index contributed by atoms with van der Waals surface area (Å²) in [6, 6.07) is -0.752. The van der Waals surface area contributed by atoms with Crippen molar-refractivity contribution in [3.8, 4) is 0 Å².